The first-order chi connectivity index (χ1) is 13.6. The Morgan fingerprint density at radius 1 is 0.929 bits per heavy atom. The molecule has 1 fully saturated rings. The van der Waals surface area contributed by atoms with E-state index in [1.54, 1.807) is 23.2 Å². The van der Waals surface area contributed by atoms with Gasteiger partial charge in [0.25, 0.3) is 5.91 Å². The molecule has 2 aliphatic rings. The lowest BCUT2D eigenvalue weighted by molar-refractivity contribution is 0.0745. The highest BCUT2D eigenvalue weighted by atomic mass is 19.1. The second kappa shape index (κ2) is 6.48. The Morgan fingerprint density at radius 2 is 1.68 bits per heavy atom. The number of rotatable bonds is 2. The maximum absolute atomic E-state index is 13.1. The van der Waals surface area contributed by atoms with Crippen LogP contribution in [0, 0.1) is 5.82 Å². The number of nitrogens with zero attached hydrogens (tertiary/aromatic N) is 3. The van der Waals surface area contributed by atoms with Gasteiger partial charge in [-0.3, -0.25) is 9.59 Å². The molecule has 1 amide bonds. The summed E-state index contributed by atoms with van der Waals surface area (Å²) in [5.41, 5.74) is 3.15. The van der Waals surface area contributed by atoms with Crippen molar-refractivity contribution in [1.82, 2.24) is 9.47 Å². The number of carbonyl (C=O) groups excluding carboxylic acids is 1. The Balaban J connectivity index is 1.39. The molecule has 6 heteroatoms. The predicted octanol–water partition coefficient (Wildman–Crippen LogP) is 2.66. The highest BCUT2D eigenvalue weighted by Crippen LogP contribution is 2.24. The molecule has 142 valence electrons. The SMILES string of the molecule is O=C(c1cn2c3c(cccc3c1=O)CC2)N1CCN(c2ccc(F)cc2)CC1. The summed E-state index contributed by atoms with van der Waals surface area (Å²) in [5.74, 6) is -0.461. The number of benzene rings is 2. The van der Waals surface area contributed by atoms with Crippen molar-refractivity contribution in [1.29, 1.82) is 0 Å². The van der Waals surface area contributed by atoms with Gasteiger partial charge in [0.05, 0.1) is 5.52 Å². The van der Waals surface area contributed by atoms with Gasteiger partial charge in [0.2, 0.25) is 5.43 Å². The zero-order valence-electron chi connectivity index (χ0n) is 15.4. The van der Waals surface area contributed by atoms with E-state index >= 15 is 0 Å². The van der Waals surface area contributed by atoms with Crippen LogP contribution in [0.1, 0.15) is 15.9 Å². The number of anilines is 1. The Kier molecular flexibility index (Phi) is 3.93. The lowest BCUT2D eigenvalue weighted by atomic mass is 10.1. The highest BCUT2D eigenvalue weighted by molar-refractivity contribution is 5.98. The molecule has 0 aliphatic carbocycles. The van der Waals surface area contributed by atoms with Crippen molar-refractivity contribution in [2.45, 2.75) is 13.0 Å². The van der Waals surface area contributed by atoms with E-state index in [0.29, 0.717) is 31.6 Å². The summed E-state index contributed by atoms with van der Waals surface area (Å²) < 4.78 is 15.2. The van der Waals surface area contributed by atoms with E-state index < -0.39 is 0 Å². The molecule has 5 rings (SSSR count). The molecule has 0 radical (unpaired) electrons. The number of hydrogen-bond acceptors (Lipinski definition) is 3. The summed E-state index contributed by atoms with van der Waals surface area (Å²) in [6.07, 6.45) is 2.63. The van der Waals surface area contributed by atoms with Crippen LogP contribution in [0.25, 0.3) is 10.9 Å². The van der Waals surface area contributed by atoms with Crippen LogP contribution < -0.4 is 10.3 Å². The van der Waals surface area contributed by atoms with Crippen LogP contribution in [-0.2, 0) is 13.0 Å². The van der Waals surface area contributed by atoms with Gasteiger partial charge < -0.3 is 14.4 Å². The molecule has 1 saturated heterocycles. The van der Waals surface area contributed by atoms with Crippen LogP contribution in [-0.4, -0.2) is 41.6 Å². The van der Waals surface area contributed by atoms with Gasteiger partial charge in [-0.05, 0) is 42.3 Å². The van der Waals surface area contributed by atoms with Crippen molar-refractivity contribution in [3.05, 3.63) is 75.8 Å². The molecule has 28 heavy (non-hydrogen) atoms. The van der Waals surface area contributed by atoms with Crippen molar-refractivity contribution in [3.8, 4) is 0 Å². The van der Waals surface area contributed by atoms with E-state index in [9.17, 15) is 14.0 Å². The average Bonchev–Trinajstić information content (AvgIpc) is 3.15. The summed E-state index contributed by atoms with van der Waals surface area (Å²) in [6, 6.07) is 12.1. The van der Waals surface area contributed by atoms with Gasteiger partial charge in [0, 0.05) is 50.0 Å². The lowest BCUT2D eigenvalue weighted by Gasteiger charge is -2.36. The number of piperazine rings is 1. The van der Waals surface area contributed by atoms with Crippen LogP contribution >= 0.6 is 0 Å². The minimum Gasteiger partial charge on any atom is -0.368 e. The van der Waals surface area contributed by atoms with Crippen molar-refractivity contribution in [2.75, 3.05) is 31.1 Å². The molecule has 3 heterocycles. The first kappa shape index (κ1) is 17.0. The summed E-state index contributed by atoms with van der Waals surface area (Å²) in [6.45, 7) is 3.18. The number of aryl methyl sites for hydroxylation is 2. The Bertz CT molecular complexity index is 1130. The summed E-state index contributed by atoms with van der Waals surface area (Å²) >= 11 is 0. The van der Waals surface area contributed by atoms with Crippen molar-refractivity contribution >= 4 is 22.5 Å². The van der Waals surface area contributed by atoms with Gasteiger partial charge in [0.15, 0.2) is 0 Å². The molecule has 0 atom stereocenters. The van der Waals surface area contributed by atoms with Crippen LogP contribution in [0.15, 0.2) is 53.5 Å². The Morgan fingerprint density at radius 3 is 2.43 bits per heavy atom. The third-order valence-electron chi connectivity index (χ3n) is 5.79. The number of carbonyl (C=O) groups is 1. The van der Waals surface area contributed by atoms with E-state index in [1.807, 2.05) is 22.8 Å². The van der Waals surface area contributed by atoms with Gasteiger partial charge in [0.1, 0.15) is 11.4 Å². The topological polar surface area (TPSA) is 45.6 Å². The van der Waals surface area contributed by atoms with E-state index in [4.69, 9.17) is 0 Å². The second-order valence-electron chi connectivity index (χ2n) is 7.38. The third-order valence-corrected chi connectivity index (χ3v) is 5.79. The van der Waals surface area contributed by atoms with Crippen LogP contribution in [0.5, 0.6) is 0 Å². The number of aromatic nitrogens is 1. The van der Waals surface area contributed by atoms with Gasteiger partial charge in [-0.15, -0.1) is 0 Å². The first-order valence-corrected chi connectivity index (χ1v) is 9.57. The molecule has 2 aliphatic heterocycles. The van der Waals surface area contributed by atoms with E-state index in [1.165, 1.54) is 17.7 Å². The zero-order valence-corrected chi connectivity index (χ0v) is 15.4. The van der Waals surface area contributed by atoms with Crippen LogP contribution in [0.4, 0.5) is 10.1 Å². The first-order valence-electron chi connectivity index (χ1n) is 9.57. The standard InChI is InChI=1S/C22H20FN3O2/c23-16-4-6-17(7-5-16)24-10-12-25(13-11-24)22(28)19-14-26-9-8-15-2-1-3-18(20(15)26)21(19)27/h1-7,14H,8-13H2. The van der Waals surface area contributed by atoms with Gasteiger partial charge in [-0.1, -0.05) is 12.1 Å². The van der Waals surface area contributed by atoms with E-state index in [-0.39, 0.29) is 22.7 Å². The van der Waals surface area contributed by atoms with E-state index in [0.717, 1.165) is 24.2 Å². The predicted molar refractivity (Wildman–Crippen MR) is 106 cm³/mol. The fourth-order valence-electron chi connectivity index (χ4n) is 4.30. The smallest absolute Gasteiger partial charge is 0.259 e. The lowest BCUT2D eigenvalue weighted by Crippen LogP contribution is -2.49. The summed E-state index contributed by atoms with van der Waals surface area (Å²) in [5, 5.41) is 0.630. The number of para-hydroxylation sites is 1. The molecule has 1 aromatic heterocycles. The number of halogens is 1. The molecule has 0 bridgehead atoms. The monoisotopic (exact) mass is 377 g/mol. The fraction of sp³-hybridized carbons (Fsp3) is 0.273. The quantitative estimate of drug-likeness (QED) is 0.690. The maximum Gasteiger partial charge on any atom is 0.259 e. The zero-order chi connectivity index (χ0) is 19.3. The molecule has 3 aromatic rings. The minimum atomic E-state index is -0.259. The van der Waals surface area contributed by atoms with Crippen molar-refractivity contribution < 1.29 is 9.18 Å². The molecule has 2 aromatic carbocycles. The van der Waals surface area contributed by atoms with Crippen LogP contribution in [0.3, 0.4) is 0 Å². The van der Waals surface area contributed by atoms with Gasteiger partial charge in [-0.2, -0.15) is 0 Å². The maximum atomic E-state index is 13.1. The third kappa shape index (κ3) is 2.68. The van der Waals surface area contributed by atoms with Gasteiger partial charge >= 0.3 is 0 Å². The number of amides is 1. The summed E-state index contributed by atoms with van der Waals surface area (Å²) in [4.78, 5) is 29.9. The largest absolute Gasteiger partial charge is 0.368 e. The van der Waals surface area contributed by atoms with Crippen LogP contribution in [0.2, 0.25) is 0 Å². The molecular weight excluding hydrogens is 357 g/mol. The molecule has 0 N–H and O–H groups in total. The Labute approximate surface area is 161 Å². The van der Waals surface area contributed by atoms with E-state index in [2.05, 4.69) is 4.90 Å². The molecule has 0 spiro atoms. The molecule has 0 unspecified atom stereocenters. The normalized spacial score (nSPS) is 16.0. The van der Waals surface area contributed by atoms with Gasteiger partial charge in [-0.25, -0.2) is 4.39 Å². The molecule has 5 nitrogen and oxygen atoms in total. The highest BCUT2D eigenvalue weighted by Gasteiger charge is 2.26. The Hall–Kier alpha value is -3.15. The van der Waals surface area contributed by atoms with Crippen molar-refractivity contribution in [2.24, 2.45) is 0 Å². The minimum absolute atomic E-state index is 0.180. The fourth-order valence-corrected chi connectivity index (χ4v) is 4.30. The molecular formula is C22H20FN3O2. The number of pyridine rings is 1. The second-order valence-corrected chi connectivity index (χ2v) is 7.38. The summed E-state index contributed by atoms with van der Waals surface area (Å²) in [7, 11) is 0. The number of hydrogen-bond donors (Lipinski definition) is 0. The van der Waals surface area contributed by atoms with Crippen molar-refractivity contribution in [3.63, 3.8) is 0 Å². The average molecular weight is 377 g/mol. The molecule has 0 saturated carbocycles.